The van der Waals surface area contributed by atoms with Gasteiger partial charge in [0, 0.05) is 31.5 Å². The molecule has 0 saturated carbocycles. The average Bonchev–Trinajstić information content (AvgIpc) is 2.95. The van der Waals surface area contributed by atoms with Crippen molar-refractivity contribution in [2.24, 2.45) is 0 Å². The standard InChI is InChI=1S/C11H17N5O/c1-9(4-7-16-6-3-5-13-16)12-8-11-10(2)14-17-15-11/h3,5-6,9,12H,4,7-8H2,1-2H3. The highest BCUT2D eigenvalue weighted by atomic mass is 16.6. The van der Waals surface area contributed by atoms with E-state index < -0.39 is 0 Å². The first-order valence-corrected chi connectivity index (χ1v) is 5.74. The lowest BCUT2D eigenvalue weighted by Gasteiger charge is -2.12. The van der Waals surface area contributed by atoms with Crippen molar-refractivity contribution in [3.8, 4) is 0 Å². The summed E-state index contributed by atoms with van der Waals surface area (Å²) in [6.45, 7) is 5.64. The lowest BCUT2D eigenvalue weighted by atomic mass is 10.2. The minimum atomic E-state index is 0.398. The molecule has 2 rings (SSSR count). The second-order valence-corrected chi connectivity index (χ2v) is 4.14. The fraction of sp³-hybridized carbons (Fsp3) is 0.545. The molecule has 0 amide bonds. The molecule has 0 fully saturated rings. The van der Waals surface area contributed by atoms with Gasteiger partial charge in [0.1, 0.15) is 11.4 Å². The SMILES string of the molecule is Cc1nonc1CNC(C)CCn1cccn1. The molecule has 0 bridgehead atoms. The number of hydrogen-bond acceptors (Lipinski definition) is 5. The minimum absolute atomic E-state index is 0.398. The van der Waals surface area contributed by atoms with Crippen LogP contribution in [0.5, 0.6) is 0 Å². The van der Waals surface area contributed by atoms with Crippen molar-refractivity contribution >= 4 is 0 Å². The highest BCUT2D eigenvalue weighted by Crippen LogP contribution is 2.02. The van der Waals surface area contributed by atoms with Crippen LogP contribution in [-0.4, -0.2) is 26.1 Å². The summed E-state index contributed by atoms with van der Waals surface area (Å²) in [5.41, 5.74) is 1.72. The van der Waals surface area contributed by atoms with Crippen LogP contribution in [0.15, 0.2) is 23.1 Å². The van der Waals surface area contributed by atoms with Crippen LogP contribution in [-0.2, 0) is 13.1 Å². The predicted molar refractivity (Wildman–Crippen MR) is 62.2 cm³/mol. The van der Waals surface area contributed by atoms with E-state index in [9.17, 15) is 0 Å². The third-order valence-corrected chi connectivity index (χ3v) is 2.71. The third-order valence-electron chi connectivity index (χ3n) is 2.71. The molecule has 0 saturated heterocycles. The molecular formula is C11H17N5O. The fourth-order valence-electron chi connectivity index (χ4n) is 1.54. The summed E-state index contributed by atoms with van der Waals surface area (Å²) >= 11 is 0. The van der Waals surface area contributed by atoms with Gasteiger partial charge in [0.05, 0.1) is 0 Å². The van der Waals surface area contributed by atoms with Crippen LogP contribution in [0.1, 0.15) is 24.7 Å². The van der Waals surface area contributed by atoms with E-state index in [0.717, 1.165) is 24.4 Å². The van der Waals surface area contributed by atoms with E-state index in [4.69, 9.17) is 0 Å². The summed E-state index contributed by atoms with van der Waals surface area (Å²) in [5.74, 6) is 0. The van der Waals surface area contributed by atoms with Crippen LogP contribution in [0.2, 0.25) is 0 Å². The Morgan fingerprint density at radius 2 is 2.35 bits per heavy atom. The van der Waals surface area contributed by atoms with Crippen molar-refractivity contribution in [2.75, 3.05) is 0 Å². The van der Waals surface area contributed by atoms with Gasteiger partial charge in [-0.2, -0.15) is 5.10 Å². The van der Waals surface area contributed by atoms with Crippen molar-refractivity contribution in [3.05, 3.63) is 29.8 Å². The Labute approximate surface area is 100.0 Å². The molecule has 2 heterocycles. The molecule has 0 aliphatic rings. The van der Waals surface area contributed by atoms with E-state index in [1.807, 2.05) is 23.9 Å². The van der Waals surface area contributed by atoms with Crippen molar-refractivity contribution < 1.29 is 4.63 Å². The molecule has 1 atom stereocenters. The average molecular weight is 235 g/mol. The maximum Gasteiger partial charge on any atom is 0.121 e. The van der Waals surface area contributed by atoms with E-state index in [-0.39, 0.29) is 0 Å². The van der Waals surface area contributed by atoms with Crippen molar-refractivity contribution in [1.82, 2.24) is 25.4 Å². The molecule has 2 aromatic heterocycles. The van der Waals surface area contributed by atoms with E-state index in [1.54, 1.807) is 6.20 Å². The summed E-state index contributed by atoms with van der Waals surface area (Å²) in [5, 5.41) is 15.1. The van der Waals surface area contributed by atoms with Crippen LogP contribution in [0.25, 0.3) is 0 Å². The smallest absolute Gasteiger partial charge is 0.121 e. The highest BCUT2D eigenvalue weighted by molar-refractivity contribution is 5.03. The van der Waals surface area contributed by atoms with Crippen molar-refractivity contribution in [3.63, 3.8) is 0 Å². The molecule has 6 heteroatoms. The van der Waals surface area contributed by atoms with Crippen molar-refractivity contribution in [1.29, 1.82) is 0 Å². The first-order chi connectivity index (χ1) is 8.25. The zero-order valence-electron chi connectivity index (χ0n) is 10.1. The fourth-order valence-corrected chi connectivity index (χ4v) is 1.54. The quantitative estimate of drug-likeness (QED) is 0.813. The van der Waals surface area contributed by atoms with Crippen LogP contribution in [0.4, 0.5) is 0 Å². The van der Waals surface area contributed by atoms with Gasteiger partial charge < -0.3 is 5.32 Å². The highest BCUT2D eigenvalue weighted by Gasteiger charge is 2.07. The molecular weight excluding hydrogens is 218 g/mol. The summed E-state index contributed by atoms with van der Waals surface area (Å²) < 4.78 is 6.57. The van der Waals surface area contributed by atoms with Gasteiger partial charge in [-0.1, -0.05) is 10.3 Å². The Hall–Kier alpha value is -1.69. The maximum atomic E-state index is 4.64. The maximum absolute atomic E-state index is 4.64. The van der Waals surface area contributed by atoms with Gasteiger partial charge in [-0.15, -0.1) is 0 Å². The molecule has 1 unspecified atom stereocenters. The Bertz CT molecular complexity index is 436. The van der Waals surface area contributed by atoms with E-state index in [0.29, 0.717) is 12.6 Å². The first kappa shape index (κ1) is 11.8. The van der Waals surface area contributed by atoms with Gasteiger partial charge in [-0.3, -0.25) is 4.68 Å². The van der Waals surface area contributed by atoms with Gasteiger partial charge in [0.25, 0.3) is 0 Å². The minimum Gasteiger partial charge on any atom is -0.308 e. The van der Waals surface area contributed by atoms with Crippen LogP contribution in [0.3, 0.4) is 0 Å². The summed E-state index contributed by atoms with van der Waals surface area (Å²) in [7, 11) is 0. The third kappa shape index (κ3) is 3.39. The largest absolute Gasteiger partial charge is 0.308 e. The Morgan fingerprint density at radius 3 is 3.00 bits per heavy atom. The zero-order valence-corrected chi connectivity index (χ0v) is 10.1. The van der Waals surface area contributed by atoms with Gasteiger partial charge >= 0.3 is 0 Å². The summed E-state index contributed by atoms with van der Waals surface area (Å²) in [6, 6.07) is 2.33. The number of nitrogens with zero attached hydrogens (tertiary/aromatic N) is 4. The van der Waals surface area contributed by atoms with Gasteiger partial charge in [0.15, 0.2) is 0 Å². The van der Waals surface area contributed by atoms with E-state index in [2.05, 4.69) is 32.3 Å². The second-order valence-electron chi connectivity index (χ2n) is 4.14. The van der Waals surface area contributed by atoms with Gasteiger partial charge in [-0.05, 0) is 26.3 Å². The van der Waals surface area contributed by atoms with Crippen LogP contribution >= 0.6 is 0 Å². The topological polar surface area (TPSA) is 68.8 Å². The molecule has 2 aromatic rings. The van der Waals surface area contributed by atoms with Crippen molar-refractivity contribution in [2.45, 2.75) is 39.4 Å². The van der Waals surface area contributed by atoms with Gasteiger partial charge in [0.2, 0.25) is 0 Å². The Balaban J connectivity index is 1.71. The molecule has 6 nitrogen and oxygen atoms in total. The molecule has 1 N–H and O–H groups in total. The first-order valence-electron chi connectivity index (χ1n) is 5.74. The normalized spacial score (nSPS) is 12.8. The molecule has 0 radical (unpaired) electrons. The van der Waals surface area contributed by atoms with Crippen LogP contribution in [0, 0.1) is 6.92 Å². The van der Waals surface area contributed by atoms with Gasteiger partial charge in [-0.25, -0.2) is 4.63 Å². The molecule has 0 aliphatic carbocycles. The number of rotatable bonds is 6. The molecule has 0 spiro atoms. The second kappa shape index (κ2) is 5.58. The number of aryl methyl sites for hydroxylation is 2. The molecule has 0 aliphatic heterocycles. The zero-order chi connectivity index (χ0) is 12.1. The lowest BCUT2D eigenvalue weighted by Crippen LogP contribution is -2.27. The van der Waals surface area contributed by atoms with Crippen LogP contribution < -0.4 is 5.32 Å². The monoisotopic (exact) mass is 235 g/mol. The Kier molecular flexibility index (Phi) is 3.87. The van der Waals surface area contributed by atoms with E-state index in [1.165, 1.54) is 0 Å². The molecule has 92 valence electrons. The number of hydrogen-bond donors (Lipinski definition) is 1. The summed E-state index contributed by atoms with van der Waals surface area (Å²) in [4.78, 5) is 0. The number of nitrogens with one attached hydrogen (secondary N) is 1. The molecule has 0 aromatic carbocycles. The predicted octanol–water partition coefficient (Wildman–Crippen LogP) is 1.14. The lowest BCUT2D eigenvalue weighted by molar-refractivity contribution is 0.299. The Morgan fingerprint density at radius 1 is 1.47 bits per heavy atom. The van der Waals surface area contributed by atoms with E-state index >= 15 is 0 Å². The number of aromatic nitrogens is 4. The summed E-state index contributed by atoms with van der Waals surface area (Å²) in [6.07, 6.45) is 4.78. The molecule has 17 heavy (non-hydrogen) atoms.